The molecule has 0 aliphatic heterocycles. The average molecular weight is 166 g/mol. The standard InChI is InChI=1S/C8H7P2/c9-8-7-4-2-1-3-6(7)5-10-8/h1-4,10H,9H2/q-1/p+1. The van der Waals surface area contributed by atoms with Crippen LogP contribution < -0.4 is 5.04 Å². The van der Waals surface area contributed by atoms with E-state index in [9.17, 15) is 0 Å². The lowest BCUT2D eigenvalue weighted by atomic mass is 10.2. The molecule has 0 fully saturated rings. The zero-order valence-corrected chi connectivity index (χ0v) is 7.93. The zero-order valence-electron chi connectivity index (χ0n) is 5.52. The van der Waals surface area contributed by atoms with Crippen LogP contribution in [0.1, 0.15) is 0 Å². The zero-order chi connectivity index (χ0) is 6.97. The molecule has 2 unspecified atom stereocenters. The van der Waals surface area contributed by atoms with Crippen LogP contribution in [0.5, 0.6) is 0 Å². The van der Waals surface area contributed by atoms with Gasteiger partial charge in [-0.1, -0.05) is 11.5 Å². The van der Waals surface area contributed by atoms with Gasteiger partial charge in [-0.15, -0.1) is 29.4 Å². The van der Waals surface area contributed by atoms with Crippen LogP contribution in [-0.2, 0) is 0 Å². The molecule has 0 radical (unpaired) electrons. The number of fused-ring (bicyclic) bond motifs is 1. The first-order chi connectivity index (χ1) is 4.88. The maximum atomic E-state index is 3.35. The number of hydrogen-bond acceptors (Lipinski definition) is 0. The molecule has 0 bridgehead atoms. The SMILES string of the molecule is [PH3+]c1[pH][c-]c2ccccc12. The monoisotopic (exact) mass is 166 g/mol. The molecule has 0 amide bonds. The van der Waals surface area contributed by atoms with Gasteiger partial charge in [-0.25, -0.2) is 0 Å². The molecule has 0 saturated carbocycles. The van der Waals surface area contributed by atoms with E-state index in [2.05, 4.69) is 30.1 Å². The third kappa shape index (κ3) is 0.888. The summed E-state index contributed by atoms with van der Waals surface area (Å²) in [4.78, 5) is 0. The van der Waals surface area contributed by atoms with E-state index in [1.165, 1.54) is 15.8 Å². The molecule has 2 rings (SSSR count). The minimum atomic E-state index is 0.799. The Hall–Kier alpha value is -0.310. The fraction of sp³-hybridized carbons (Fsp3) is 0. The molecule has 1 heterocycles. The summed E-state index contributed by atoms with van der Waals surface area (Å²) >= 11 is 0. The summed E-state index contributed by atoms with van der Waals surface area (Å²) in [5, 5.41) is 4.20. The Morgan fingerprint density at radius 1 is 1.30 bits per heavy atom. The molecule has 0 aliphatic carbocycles. The Morgan fingerprint density at radius 3 is 2.90 bits per heavy atom. The lowest BCUT2D eigenvalue weighted by Crippen LogP contribution is -1.77. The summed E-state index contributed by atoms with van der Waals surface area (Å²) in [6.45, 7) is 0. The van der Waals surface area contributed by atoms with Crippen LogP contribution in [0.25, 0.3) is 10.8 Å². The van der Waals surface area contributed by atoms with Crippen molar-refractivity contribution in [3.05, 3.63) is 30.1 Å². The van der Waals surface area contributed by atoms with Gasteiger partial charge in [0, 0.05) is 5.04 Å². The van der Waals surface area contributed by atoms with E-state index in [1.807, 2.05) is 9.24 Å². The molecule has 2 atom stereocenters. The molecule has 0 spiro atoms. The second-order valence-corrected chi connectivity index (χ2v) is 4.79. The molecule has 0 nitrogen and oxygen atoms in total. The Balaban J connectivity index is 2.93. The smallest absolute Gasteiger partial charge is 0.00252 e. The van der Waals surface area contributed by atoms with Gasteiger partial charge in [-0.05, 0) is 9.24 Å². The molecule has 2 heteroatoms. The molecule has 2 aromatic rings. The van der Waals surface area contributed by atoms with Crippen molar-refractivity contribution in [2.24, 2.45) is 0 Å². The van der Waals surface area contributed by atoms with Crippen molar-refractivity contribution in [1.82, 2.24) is 0 Å². The Labute approximate surface area is 63.9 Å². The van der Waals surface area contributed by atoms with E-state index in [-0.39, 0.29) is 0 Å². The summed E-state index contributed by atoms with van der Waals surface area (Å²) in [5.41, 5.74) is 0. The molecular formula is C8H8P2. The number of benzene rings is 1. The minimum Gasteiger partial charge on any atom is -0.193 e. The summed E-state index contributed by atoms with van der Waals surface area (Å²) < 4.78 is 0. The van der Waals surface area contributed by atoms with Gasteiger partial charge in [0.25, 0.3) is 0 Å². The molecule has 0 N–H and O–H groups in total. The Bertz CT molecular complexity index is 349. The van der Waals surface area contributed by atoms with E-state index in [4.69, 9.17) is 0 Å². The van der Waals surface area contributed by atoms with Gasteiger partial charge in [0.1, 0.15) is 0 Å². The van der Waals surface area contributed by atoms with Crippen molar-refractivity contribution < 1.29 is 0 Å². The van der Waals surface area contributed by atoms with Crippen molar-refractivity contribution >= 4 is 33.2 Å². The molecule has 1 aromatic carbocycles. The second-order valence-electron chi connectivity index (χ2n) is 2.27. The highest BCUT2D eigenvalue weighted by Crippen LogP contribution is 2.20. The molecular weight excluding hydrogens is 158 g/mol. The van der Waals surface area contributed by atoms with Crippen LogP contribution in [-0.4, -0.2) is 0 Å². The van der Waals surface area contributed by atoms with Gasteiger partial charge in [-0.3, -0.25) is 0 Å². The molecule has 0 aliphatic rings. The predicted molar refractivity (Wildman–Crippen MR) is 53.0 cm³/mol. The van der Waals surface area contributed by atoms with Gasteiger partial charge < -0.3 is 0 Å². The van der Waals surface area contributed by atoms with Crippen molar-refractivity contribution in [1.29, 1.82) is 0 Å². The maximum absolute atomic E-state index is 3.35. The van der Waals surface area contributed by atoms with E-state index in [0.717, 1.165) is 8.19 Å². The van der Waals surface area contributed by atoms with E-state index in [0.29, 0.717) is 0 Å². The van der Waals surface area contributed by atoms with Gasteiger partial charge in [0.05, 0.1) is 0 Å². The first kappa shape index (κ1) is 6.40. The third-order valence-corrected chi connectivity index (χ3v) is 3.48. The Morgan fingerprint density at radius 2 is 2.10 bits per heavy atom. The fourth-order valence-electron chi connectivity index (χ4n) is 1.07. The number of hydrogen-bond donors (Lipinski definition) is 0. The van der Waals surface area contributed by atoms with Crippen LogP contribution in [0.4, 0.5) is 0 Å². The lowest BCUT2D eigenvalue weighted by molar-refractivity contribution is 1.85. The summed E-state index contributed by atoms with van der Waals surface area (Å²) in [6.07, 6.45) is 0. The van der Waals surface area contributed by atoms with E-state index < -0.39 is 0 Å². The first-order valence-corrected chi connectivity index (χ1v) is 4.89. The van der Waals surface area contributed by atoms with E-state index in [1.54, 1.807) is 0 Å². The molecule has 50 valence electrons. The van der Waals surface area contributed by atoms with Crippen LogP contribution in [0.2, 0.25) is 0 Å². The lowest BCUT2D eigenvalue weighted by Gasteiger charge is -1.93. The van der Waals surface area contributed by atoms with Crippen LogP contribution in [0, 0.1) is 5.80 Å². The predicted octanol–water partition coefficient (Wildman–Crippen LogP) is 1.90. The summed E-state index contributed by atoms with van der Waals surface area (Å²) in [7, 11) is 2.78. The van der Waals surface area contributed by atoms with Crippen LogP contribution in [0.15, 0.2) is 24.3 Å². The van der Waals surface area contributed by atoms with Crippen molar-refractivity contribution in [2.45, 2.75) is 0 Å². The maximum Gasteiger partial charge on any atom is 0.00252 e. The van der Waals surface area contributed by atoms with E-state index >= 15 is 0 Å². The van der Waals surface area contributed by atoms with Crippen LogP contribution in [0.3, 0.4) is 0 Å². The minimum absolute atomic E-state index is 0.799. The highest BCUT2D eigenvalue weighted by Gasteiger charge is 1.88. The van der Waals surface area contributed by atoms with Crippen molar-refractivity contribution in [2.75, 3.05) is 0 Å². The van der Waals surface area contributed by atoms with Gasteiger partial charge in [0.2, 0.25) is 0 Å². The largest absolute Gasteiger partial charge is 0.193 e. The highest BCUT2D eigenvalue weighted by atomic mass is 31.1. The quantitative estimate of drug-likeness (QED) is 0.414. The molecule has 0 saturated heterocycles. The van der Waals surface area contributed by atoms with Crippen molar-refractivity contribution in [3.8, 4) is 0 Å². The summed E-state index contributed by atoms with van der Waals surface area (Å²) in [5.74, 6) is 3.35. The normalized spacial score (nSPS) is 11.6. The van der Waals surface area contributed by atoms with Gasteiger partial charge >= 0.3 is 0 Å². The van der Waals surface area contributed by atoms with Crippen molar-refractivity contribution in [3.63, 3.8) is 0 Å². The summed E-state index contributed by atoms with van der Waals surface area (Å²) in [6, 6.07) is 8.45. The third-order valence-electron chi connectivity index (χ3n) is 1.60. The van der Waals surface area contributed by atoms with Crippen LogP contribution >= 0.6 is 17.4 Å². The fourth-order valence-corrected chi connectivity index (χ4v) is 2.50. The average Bonchev–Trinajstić information content (AvgIpc) is 2.34. The van der Waals surface area contributed by atoms with Gasteiger partial charge in [0.15, 0.2) is 0 Å². The second kappa shape index (κ2) is 2.38. The highest BCUT2D eigenvalue weighted by molar-refractivity contribution is 7.52. The number of rotatable bonds is 0. The molecule has 1 aromatic heterocycles. The first-order valence-electron chi connectivity index (χ1n) is 3.18. The molecule has 10 heavy (non-hydrogen) atoms. The topological polar surface area (TPSA) is 0 Å². The Kier molecular flexibility index (Phi) is 1.52. The van der Waals surface area contributed by atoms with Gasteiger partial charge in [-0.2, -0.15) is 8.19 Å².